The van der Waals surface area contributed by atoms with Gasteiger partial charge in [0.15, 0.2) is 0 Å². The van der Waals surface area contributed by atoms with Crippen LogP contribution in [0.1, 0.15) is 33.3 Å². The molecule has 92 valence electrons. The van der Waals surface area contributed by atoms with Gasteiger partial charge in [-0.1, -0.05) is 19.1 Å². The highest BCUT2D eigenvalue weighted by Crippen LogP contribution is 2.27. The molecule has 0 aromatic heterocycles. The average molecular weight is 236 g/mol. The first-order chi connectivity index (χ1) is 7.95. The highest BCUT2D eigenvalue weighted by Gasteiger charge is 2.44. The van der Waals surface area contributed by atoms with E-state index in [9.17, 15) is 4.39 Å². The van der Waals surface area contributed by atoms with E-state index in [1.54, 1.807) is 6.07 Å². The van der Waals surface area contributed by atoms with Crippen LogP contribution in [0.15, 0.2) is 18.2 Å². The largest absolute Gasteiger partial charge is 0.495 e. The summed E-state index contributed by atoms with van der Waals surface area (Å²) in [4.78, 5) is 0. The molecule has 1 unspecified atom stereocenters. The van der Waals surface area contributed by atoms with Gasteiger partial charge in [0.05, 0.1) is 11.7 Å². The lowest BCUT2D eigenvalue weighted by atomic mass is 9.75. The standard InChI is InChI=1S/C13H18BFO2/c1-5-10-11(7-6-8-12(10)15)14-16-9(2)13(3,4)17-14/h6-9H,5H2,1-4H3. The van der Waals surface area contributed by atoms with E-state index in [1.165, 1.54) is 6.07 Å². The third-order valence-corrected chi connectivity index (χ3v) is 3.48. The van der Waals surface area contributed by atoms with E-state index in [2.05, 4.69) is 0 Å². The molecule has 0 saturated carbocycles. The van der Waals surface area contributed by atoms with Crippen LogP contribution in [0.25, 0.3) is 0 Å². The third kappa shape index (κ3) is 2.24. The minimum atomic E-state index is -0.453. The van der Waals surface area contributed by atoms with Crippen molar-refractivity contribution in [2.45, 2.75) is 45.8 Å². The first-order valence-electron chi connectivity index (χ1n) is 6.06. The van der Waals surface area contributed by atoms with Crippen molar-refractivity contribution in [2.75, 3.05) is 0 Å². The van der Waals surface area contributed by atoms with Gasteiger partial charge in [-0.3, -0.25) is 0 Å². The molecule has 1 aliphatic rings. The summed E-state index contributed by atoms with van der Waals surface area (Å²) in [7, 11) is -0.453. The lowest BCUT2D eigenvalue weighted by molar-refractivity contribution is 0.0842. The Kier molecular flexibility index (Phi) is 3.28. The Morgan fingerprint density at radius 3 is 2.65 bits per heavy atom. The van der Waals surface area contributed by atoms with Gasteiger partial charge in [0.1, 0.15) is 5.82 Å². The molecule has 1 aliphatic heterocycles. The van der Waals surface area contributed by atoms with Crippen molar-refractivity contribution < 1.29 is 13.7 Å². The molecule has 1 saturated heterocycles. The summed E-state index contributed by atoms with van der Waals surface area (Å²) >= 11 is 0. The Morgan fingerprint density at radius 1 is 1.41 bits per heavy atom. The molecule has 0 aliphatic carbocycles. The van der Waals surface area contributed by atoms with Gasteiger partial charge < -0.3 is 9.31 Å². The Morgan fingerprint density at radius 2 is 2.12 bits per heavy atom. The fourth-order valence-electron chi connectivity index (χ4n) is 2.05. The highest BCUT2D eigenvalue weighted by atomic mass is 19.1. The van der Waals surface area contributed by atoms with Gasteiger partial charge >= 0.3 is 7.12 Å². The number of benzene rings is 1. The minimum Gasteiger partial charge on any atom is -0.402 e. The van der Waals surface area contributed by atoms with Crippen LogP contribution in [-0.2, 0) is 15.7 Å². The summed E-state index contributed by atoms with van der Waals surface area (Å²) in [6.45, 7) is 7.89. The second-order valence-corrected chi connectivity index (χ2v) is 4.99. The average Bonchev–Trinajstić information content (AvgIpc) is 2.53. The van der Waals surface area contributed by atoms with Crippen LogP contribution in [0, 0.1) is 5.82 Å². The Balaban J connectivity index is 2.33. The second-order valence-electron chi connectivity index (χ2n) is 4.99. The van der Waals surface area contributed by atoms with Crippen molar-refractivity contribution >= 4 is 12.6 Å². The van der Waals surface area contributed by atoms with Crippen molar-refractivity contribution in [1.82, 2.24) is 0 Å². The molecule has 4 heteroatoms. The van der Waals surface area contributed by atoms with Crippen LogP contribution >= 0.6 is 0 Å². The van der Waals surface area contributed by atoms with E-state index in [-0.39, 0.29) is 17.5 Å². The zero-order chi connectivity index (χ0) is 12.6. The molecule has 1 aromatic rings. The predicted molar refractivity (Wildman–Crippen MR) is 66.9 cm³/mol. The van der Waals surface area contributed by atoms with E-state index < -0.39 is 7.12 Å². The molecule has 1 atom stereocenters. The normalized spacial score (nSPS) is 23.1. The lowest BCUT2D eigenvalue weighted by Crippen LogP contribution is -2.37. The number of rotatable bonds is 2. The van der Waals surface area contributed by atoms with Crippen molar-refractivity contribution in [1.29, 1.82) is 0 Å². The Bertz CT molecular complexity index is 420. The zero-order valence-electron chi connectivity index (χ0n) is 10.8. The molecule has 1 fully saturated rings. The first kappa shape index (κ1) is 12.6. The van der Waals surface area contributed by atoms with Crippen LogP contribution in [0.2, 0.25) is 0 Å². The molecule has 0 N–H and O–H groups in total. The van der Waals surface area contributed by atoms with Crippen LogP contribution in [0.3, 0.4) is 0 Å². The maximum Gasteiger partial charge on any atom is 0.495 e. The van der Waals surface area contributed by atoms with E-state index in [4.69, 9.17) is 9.31 Å². The molecule has 1 aromatic carbocycles. The topological polar surface area (TPSA) is 18.5 Å². The van der Waals surface area contributed by atoms with E-state index in [0.29, 0.717) is 12.0 Å². The Labute approximate surface area is 102 Å². The fourth-order valence-corrected chi connectivity index (χ4v) is 2.05. The van der Waals surface area contributed by atoms with E-state index >= 15 is 0 Å². The van der Waals surface area contributed by atoms with Crippen LogP contribution in [-0.4, -0.2) is 18.8 Å². The van der Waals surface area contributed by atoms with Crippen molar-refractivity contribution in [2.24, 2.45) is 0 Å². The Hall–Kier alpha value is -0.865. The van der Waals surface area contributed by atoms with Crippen LogP contribution in [0.5, 0.6) is 0 Å². The zero-order valence-corrected chi connectivity index (χ0v) is 10.8. The molecule has 0 amide bonds. The minimum absolute atomic E-state index is 0.000438. The maximum absolute atomic E-state index is 13.7. The quantitative estimate of drug-likeness (QED) is 0.733. The molecular weight excluding hydrogens is 218 g/mol. The summed E-state index contributed by atoms with van der Waals surface area (Å²) in [5.41, 5.74) is 1.16. The fraction of sp³-hybridized carbons (Fsp3) is 0.538. The smallest absolute Gasteiger partial charge is 0.402 e. The highest BCUT2D eigenvalue weighted by molar-refractivity contribution is 6.62. The summed E-state index contributed by atoms with van der Waals surface area (Å²) in [5, 5.41) is 0. The summed E-state index contributed by atoms with van der Waals surface area (Å²) in [6.07, 6.45) is 0.639. The van der Waals surface area contributed by atoms with Crippen LogP contribution < -0.4 is 5.46 Å². The van der Waals surface area contributed by atoms with Crippen molar-refractivity contribution in [3.05, 3.63) is 29.6 Å². The monoisotopic (exact) mass is 236 g/mol. The van der Waals surface area contributed by atoms with Gasteiger partial charge in [0.25, 0.3) is 0 Å². The van der Waals surface area contributed by atoms with Crippen LogP contribution in [0.4, 0.5) is 4.39 Å². The second kappa shape index (κ2) is 4.43. The molecule has 0 radical (unpaired) electrons. The molecule has 17 heavy (non-hydrogen) atoms. The number of hydrogen-bond acceptors (Lipinski definition) is 2. The molecule has 2 rings (SSSR count). The lowest BCUT2D eigenvalue weighted by Gasteiger charge is -2.21. The third-order valence-electron chi connectivity index (χ3n) is 3.48. The van der Waals surface area contributed by atoms with Gasteiger partial charge in [-0.15, -0.1) is 0 Å². The van der Waals surface area contributed by atoms with Crippen molar-refractivity contribution in [3.8, 4) is 0 Å². The van der Waals surface area contributed by atoms with Gasteiger partial charge in [-0.05, 0) is 44.3 Å². The SMILES string of the molecule is CCc1c(F)cccc1B1OC(C)C(C)(C)O1. The van der Waals surface area contributed by atoms with Gasteiger partial charge in [-0.2, -0.15) is 0 Å². The molecule has 2 nitrogen and oxygen atoms in total. The van der Waals surface area contributed by atoms with E-state index in [1.807, 2.05) is 33.8 Å². The summed E-state index contributed by atoms with van der Waals surface area (Å²) in [6, 6.07) is 5.05. The first-order valence-corrected chi connectivity index (χ1v) is 6.06. The number of hydrogen-bond donors (Lipinski definition) is 0. The summed E-state index contributed by atoms with van der Waals surface area (Å²) < 4.78 is 25.3. The molecular formula is C13H18BFO2. The van der Waals surface area contributed by atoms with Gasteiger partial charge in [-0.25, -0.2) is 4.39 Å². The van der Waals surface area contributed by atoms with Crippen molar-refractivity contribution in [3.63, 3.8) is 0 Å². The predicted octanol–water partition coefficient (Wildman–Crippen LogP) is 2.30. The number of halogens is 1. The van der Waals surface area contributed by atoms with E-state index in [0.717, 1.165) is 5.46 Å². The van der Waals surface area contributed by atoms with Gasteiger partial charge in [0, 0.05) is 0 Å². The molecule has 0 spiro atoms. The molecule has 1 heterocycles. The summed E-state index contributed by atoms with van der Waals surface area (Å²) in [5.74, 6) is -0.186. The maximum atomic E-state index is 13.7. The van der Waals surface area contributed by atoms with Gasteiger partial charge in [0.2, 0.25) is 0 Å². The molecule has 0 bridgehead atoms.